The van der Waals surface area contributed by atoms with Gasteiger partial charge in [0.1, 0.15) is 18.3 Å². The van der Waals surface area contributed by atoms with Crippen LogP contribution in [0.5, 0.6) is 0 Å². The lowest BCUT2D eigenvalue weighted by molar-refractivity contribution is -0.149. The van der Waals surface area contributed by atoms with E-state index in [1.165, 1.54) is 6.21 Å². The Morgan fingerprint density at radius 3 is 1.82 bits per heavy atom. The van der Waals surface area contributed by atoms with Crippen LogP contribution in [0.3, 0.4) is 0 Å². The molecule has 6 heteroatoms. The molecule has 0 aromatic heterocycles. The number of rotatable bonds is 11. The summed E-state index contributed by atoms with van der Waals surface area (Å²) in [6.07, 6.45) is 1.52. The smallest absolute Gasteiger partial charge is 0.150 e. The summed E-state index contributed by atoms with van der Waals surface area (Å²) in [5, 5.41) is 12.4. The quantitative estimate of drug-likeness (QED) is 0.245. The predicted octanol–water partition coefficient (Wildman–Crippen LogP) is 5.12. The fraction of sp³-hybridized carbons (Fsp3) is 0.250. The second-order valence-corrected chi connectivity index (χ2v) is 8.02. The average molecular weight is 460 g/mol. The highest BCUT2D eigenvalue weighted by Crippen LogP contribution is 2.26. The third-order valence-corrected chi connectivity index (χ3v) is 5.53. The van der Waals surface area contributed by atoms with Crippen molar-refractivity contribution in [3.63, 3.8) is 0 Å². The molecule has 3 atom stereocenters. The molecule has 4 rings (SSSR count). The zero-order valence-corrected chi connectivity index (χ0v) is 18.9. The standard InChI is InChI=1S/C28H29NO5/c30-29-16-25-20-32-26(21-31-17-22-10-4-1-5-11-22)28(34-19-24-14-8-3-9-15-24)27(25)33-18-23-12-6-2-7-13-23/h1-16,20,26-28,30H,17-19,21H2/b29-16+/t26-,27-,28+/m1/s1. The molecule has 3 aromatic rings. The molecule has 0 aliphatic carbocycles. The number of benzene rings is 3. The van der Waals surface area contributed by atoms with Gasteiger partial charge in [-0.3, -0.25) is 0 Å². The van der Waals surface area contributed by atoms with Crippen molar-refractivity contribution in [1.29, 1.82) is 0 Å². The van der Waals surface area contributed by atoms with Crippen molar-refractivity contribution in [1.82, 2.24) is 0 Å². The Balaban J connectivity index is 1.50. The summed E-state index contributed by atoms with van der Waals surface area (Å²) in [6, 6.07) is 29.8. The normalized spacial score (nSPS) is 20.1. The topological polar surface area (TPSA) is 69.5 Å². The molecule has 0 saturated heterocycles. The summed E-state index contributed by atoms with van der Waals surface area (Å²) in [4.78, 5) is 0. The van der Waals surface area contributed by atoms with Crippen LogP contribution in [-0.2, 0) is 38.8 Å². The fourth-order valence-corrected chi connectivity index (χ4v) is 3.78. The van der Waals surface area contributed by atoms with Gasteiger partial charge in [0, 0.05) is 5.57 Å². The number of hydrogen-bond donors (Lipinski definition) is 1. The van der Waals surface area contributed by atoms with Crippen molar-refractivity contribution >= 4 is 6.21 Å². The molecule has 0 saturated carbocycles. The molecule has 0 fully saturated rings. The van der Waals surface area contributed by atoms with Crippen LogP contribution < -0.4 is 0 Å². The summed E-state index contributed by atoms with van der Waals surface area (Å²) in [5.74, 6) is 0. The van der Waals surface area contributed by atoms with E-state index in [0.717, 1.165) is 16.7 Å². The van der Waals surface area contributed by atoms with E-state index in [4.69, 9.17) is 18.9 Å². The van der Waals surface area contributed by atoms with Crippen molar-refractivity contribution in [2.24, 2.45) is 5.16 Å². The molecule has 1 N–H and O–H groups in total. The average Bonchev–Trinajstić information content (AvgIpc) is 2.89. The highest BCUT2D eigenvalue weighted by atomic mass is 16.6. The zero-order valence-electron chi connectivity index (χ0n) is 18.9. The Hall–Kier alpha value is -3.45. The van der Waals surface area contributed by atoms with Gasteiger partial charge < -0.3 is 24.2 Å². The third kappa shape index (κ3) is 6.78. The second-order valence-electron chi connectivity index (χ2n) is 8.02. The van der Waals surface area contributed by atoms with Gasteiger partial charge in [-0.1, -0.05) is 96.2 Å². The molecule has 0 radical (unpaired) electrons. The Morgan fingerprint density at radius 1 is 0.735 bits per heavy atom. The zero-order chi connectivity index (χ0) is 23.4. The van der Waals surface area contributed by atoms with Gasteiger partial charge in [-0.05, 0) is 16.7 Å². The molecule has 6 nitrogen and oxygen atoms in total. The summed E-state index contributed by atoms with van der Waals surface area (Å²) in [7, 11) is 0. The number of hydrogen-bond acceptors (Lipinski definition) is 6. The molecule has 0 bridgehead atoms. The van der Waals surface area contributed by atoms with E-state index in [1.807, 2.05) is 91.0 Å². The monoisotopic (exact) mass is 459 g/mol. The molecule has 0 spiro atoms. The molecule has 1 aliphatic rings. The third-order valence-electron chi connectivity index (χ3n) is 5.53. The Kier molecular flexibility index (Phi) is 8.85. The molecule has 176 valence electrons. The predicted molar refractivity (Wildman–Crippen MR) is 129 cm³/mol. The van der Waals surface area contributed by atoms with Crippen LogP contribution in [-0.4, -0.2) is 36.3 Å². The lowest BCUT2D eigenvalue weighted by atomic mass is 9.99. The molecule has 34 heavy (non-hydrogen) atoms. The van der Waals surface area contributed by atoms with Crippen molar-refractivity contribution in [3.05, 3.63) is 120 Å². The van der Waals surface area contributed by atoms with E-state index in [9.17, 15) is 5.21 Å². The SMILES string of the molecule is O/N=C/C1=CO[C@H](COCc2ccccc2)[C@H](OCc2ccccc2)[C@@H]1OCc1ccccc1. The number of oxime groups is 1. The molecular weight excluding hydrogens is 430 g/mol. The first-order valence-corrected chi connectivity index (χ1v) is 11.3. The van der Waals surface area contributed by atoms with Crippen molar-refractivity contribution in [3.8, 4) is 0 Å². The van der Waals surface area contributed by atoms with Crippen LogP contribution in [0.1, 0.15) is 16.7 Å². The van der Waals surface area contributed by atoms with E-state index in [0.29, 0.717) is 32.0 Å². The summed E-state index contributed by atoms with van der Waals surface area (Å²) in [6.45, 7) is 1.56. The molecule has 0 amide bonds. The highest BCUT2D eigenvalue weighted by Gasteiger charge is 2.38. The molecule has 1 heterocycles. The highest BCUT2D eigenvalue weighted by molar-refractivity contribution is 5.79. The summed E-state index contributed by atoms with van der Waals surface area (Å²) < 4.78 is 24.6. The maximum Gasteiger partial charge on any atom is 0.150 e. The van der Waals surface area contributed by atoms with Gasteiger partial charge in [0.2, 0.25) is 0 Å². The minimum Gasteiger partial charge on any atom is -0.492 e. The van der Waals surface area contributed by atoms with E-state index in [-0.39, 0.29) is 0 Å². The van der Waals surface area contributed by atoms with Crippen LogP contribution in [0, 0.1) is 0 Å². The maximum absolute atomic E-state index is 9.20. The van der Waals surface area contributed by atoms with Gasteiger partial charge in [0.05, 0.1) is 38.9 Å². The van der Waals surface area contributed by atoms with Crippen molar-refractivity contribution < 1.29 is 24.2 Å². The lowest BCUT2D eigenvalue weighted by Crippen LogP contribution is -2.48. The Morgan fingerprint density at radius 2 is 1.26 bits per heavy atom. The van der Waals surface area contributed by atoms with E-state index >= 15 is 0 Å². The maximum atomic E-state index is 9.20. The lowest BCUT2D eigenvalue weighted by Gasteiger charge is -2.37. The number of nitrogens with zero attached hydrogens (tertiary/aromatic N) is 1. The summed E-state index contributed by atoms with van der Waals surface area (Å²) >= 11 is 0. The van der Waals surface area contributed by atoms with Crippen LogP contribution in [0.15, 0.2) is 108 Å². The molecule has 3 aromatic carbocycles. The van der Waals surface area contributed by atoms with Crippen molar-refractivity contribution in [2.75, 3.05) is 6.61 Å². The first-order valence-electron chi connectivity index (χ1n) is 11.3. The van der Waals surface area contributed by atoms with E-state index in [2.05, 4.69) is 5.16 Å². The second kappa shape index (κ2) is 12.7. The van der Waals surface area contributed by atoms with Crippen molar-refractivity contribution in [2.45, 2.75) is 38.1 Å². The van der Waals surface area contributed by atoms with Gasteiger partial charge in [0.15, 0.2) is 0 Å². The van der Waals surface area contributed by atoms with Crippen LogP contribution in [0.4, 0.5) is 0 Å². The molecule has 1 aliphatic heterocycles. The Bertz CT molecular complexity index is 1040. The Labute approximate surface area is 200 Å². The number of ether oxygens (including phenoxy) is 4. The first-order chi connectivity index (χ1) is 16.8. The molecular formula is C28H29NO5. The molecule has 0 unspecified atom stereocenters. The van der Waals surface area contributed by atoms with E-state index < -0.39 is 18.3 Å². The summed E-state index contributed by atoms with van der Waals surface area (Å²) in [5.41, 5.74) is 3.75. The van der Waals surface area contributed by atoms with Gasteiger partial charge in [-0.15, -0.1) is 0 Å². The van der Waals surface area contributed by atoms with Gasteiger partial charge in [0.25, 0.3) is 0 Å². The van der Waals surface area contributed by atoms with Gasteiger partial charge in [-0.2, -0.15) is 0 Å². The minimum atomic E-state index is -0.501. The fourth-order valence-electron chi connectivity index (χ4n) is 3.78. The van der Waals surface area contributed by atoms with Gasteiger partial charge in [-0.25, -0.2) is 0 Å². The van der Waals surface area contributed by atoms with Crippen LogP contribution in [0.25, 0.3) is 0 Å². The van der Waals surface area contributed by atoms with E-state index in [1.54, 1.807) is 6.26 Å². The van der Waals surface area contributed by atoms with Crippen LogP contribution in [0.2, 0.25) is 0 Å². The first kappa shape index (κ1) is 23.7. The van der Waals surface area contributed by atoms with Gasteiger partial charge >= 0.3 is 0 Å². The van der Waals surface area contributed by atoms with Crippen LogP contribution >= 0.6 is 0 Å². The largest absolute Gasteiger partial charge is 0.492 e. The minimum absolute atomic E-state index is 0.319.